The van der Waals surface area contributed by atoms with E-state index >= 15 is 0 Å². The molecule has 0 amide bonds. The molecule has 0 heteroatoms. The summed E-state index contributed by atoms with van der Waals surface area (Å²) >= 11 is 0. The van der Waals surface area contributed by atoms with Gasteiger partial charge in [0.25, 0.3) is 0 Å². The second-order valence-corrected chi connectivity index (χ2v) is 17.7. The number of fused-ring (bicyclic) bond motifs is 10. The van der Waals surface area contributed by atoms with Crippen molar-refractivity contribution in [1.29, 1.82) is 0 Å². The summed E-state index contributed by atoms with van der Waals surface area (Å²) in [6.45, 7) is 8.98. The Labute approximate surface area is 361 Å². The van der Waals surface area contributed by atoms with Crippen LogP contribution in [0.3, 0.4) is 0 Å². The fourth-order valence-electron chi connectivity index (χ4n) is 11.5. The van der Waals surface area contributed by atoms with Crippen molar-refractivity contribution in [3.8, 4) is 44.5 Å². The molecule has 0 heterocycles. The predicted octanol–water partition coefficient (Wildman–Crippen LogP) is 17.7. The van der Waals surface area contributed by atoms with E-state index in [0.717, 1.165) is 0 Å². The molecular weight excluding hydrogens is 745 g/mol. The van der Waals surface area contributed by atoms with E-state index in [-0.39, 0.29) is 0 Å². The van der Waals surface area contributed by atoms with E-state index in [1.54, 1.807) is 0 Å². The summed E-state index contributed by atoms with van der Waals surface area (Å²) in [4.78, 5) is 0. The second-order valence-electron chi connectivity index (χ2n) is 17.7. The van der Waals surface area contributed by atoms with Crippen LogP contribution in [-0.2, 0) is 0 Å². The van der Waals surface area contributed by atoms with Crippen LogP contribution < -0.4 is 0 Å². The Morgan fingerprint density at radius 2 is 0.774 bits per heavy atom. The minimum Gasteiger partial charge on any atom is -0.0622 e. The van der Waals surface area contributed by atoms with Crippen LogP contribution in [-0.4, -0.2) is 0 Å². The molecule has 0 atom stereocenters. The molecule has 0 N–H and O–H groups in total. The minimum absolute atomic E-state index is 1.22. The van der Waals surface area contributed by atoms with Gasteiger partial charge < -0.3 is 0 Å². The van der Waals surface area contributed by atoms with E-state index in [4.69, 9.17) is 0 Å². The highest BCUT2D eigenvalue weighted by molar-refractivity contribution is 6.46. The molecule has 13 aromatic rings. The molecule has 62 heavy (non-hydrogen) atoms. The van der Waals surface area contributed by atoms with Crippen LogP contribution in [0.5, 0.6) is 0 Å². The van der Waals surface area contributed by atoms with Crippen LogP contribution >= 0.6 is 0 Å². The second kappa shape index (κ2) is 13.0. The third kappa shape index (κ3) is 4.78. The van der Waals surface area contributed by atoms with E-state index in [1.165, 1.54) is 153 Å². The van der Waals surface area contributed by atoms with Gasteiger partial charge in [-0.25, -0.2) is 0 Å². The predicted molar refractivity (Wildman–Crippen MR) is 270 cm³/mol. The first-order valence-corrected chi connectivity index (χ1v) is 21.9. The van der Waals surface area contributed by atoms with Gasteiger partial charge in [0, 0.05) is 0 Å². The van der Waals surface area contributed by atoms with E-state index in [1.807, 2.05) is 0 Å². The van der Waals surface area contributed by atoms with Crippen LogP contribution in [0.25, 0.3) is 131 Å². The van der Waals surface area contributed by atoms with Gasteiger partial charge in [0.15, 0.2) is 0 Å². The number of hydrogen-bond donors (Lipinski definition) is 0. The standard InChI is InChI=1S/C62H42/c1-35-16-13-17-36(2)55(35)41-28-29-44-42(32-41)33-53-58-45(44)24-14-27-49(58)61-59(46-23-12-11-22-43(46)39-18-7-5-8-19-39)54-34-52-51-31-38(4)37(3)30-50(51)47-25-15-26-48(57(47)52)60(54)56(62(53)61)40-20-9-6-10-21-40/h5-34H,1-4H3. The largest absolute Gasteiger partial charge is 0.0622 e. The fourth-order valence-corrected chi connectivity index (χ4v) is 11.5. The molecule has 0 unspecified atom stereocenters. The zero-order valence-electron chi connectivity index (χ0n) is 35.3. The van der Waals surface area contributed by atoms with Gasteiger partial charge >= 0.3 is 0 Å². The molecule has 0 spiro atoms. The van der Waals surface area contributed by atoms with Gasteiger partial charge in [0.2, 0.25) is 0 Å². The average Bonchev–Trinajstić information content (AvgIpc) is 3.79. The molecule has 0 aromatic heterocycles. The quantitative estimate of drug-likeness (QED) is 0.156. The normalized spacial score (nSPS) is 12.2. The number of rotatable bonds is 4. The van der Waals surface area contributed by atoms with Crippen molar-refractivity contribution in [2.24, 2.45) is 0 Å². The molecule has 0 aliphatic rings. The topological polar surface area (TPSA) is 0 Å². The molecule has 0 aliphatic heterocycles. The molecule has 0 nitrogen and oxygen atoms in total. The maximum atomic E-state index is 2.57. The first-order chi connectivity index (χ1) is 30.4. The molecule has 13 aromatic carbocycles. The van der Waals surface area contributed by atoms with Gasteiger partial charge in [0.1, 0.15) is 0 Å². The van der Waals surface area contributed by atoms with Gasteiger partial charge in [0.05, 0.1) is 0 Å². The maximum Gasteiger partial charge on any atom is -0.000697 e. The zero-order chi connectivity index (χ0) is 41.4. The smallest absolute Gasteiger partial charge is 0.000697 e. The van der Waals surface area contributed by atoms with Crippen LogP contribution in [0.4, 0.5) is 0 Å². The Bertz CT molecular complexity index is 3960. The summed E-state index contributed by atoms with van der Waals surface area (Å²) in [5.74, 6) is 0. The summed E-state index contributed by atoms with van der Waals surface area (Å²) < 4.78 is 0. The van der Waals surface area contributed by atoms with Crippen molar-refractivity contribution in [1.82, 2.24) is 0 Å². The highest BCUT2D eigenvalue weighted by atomic mass is 14.3. The van der Waals surface area contributed by atoms with Crippen molar-refractivity contribution in [2.75, 3.05) is 0 Å². The lowest BCUT2D eigenvalue weighted by atomic mass is 9.82. The number of aryl methyl sites for hydroxylation is 4. The van der Waals surface area contributed by atoms with Crippen LogP contribution in [0.1, 0.15) is 22.3 Å². The Hall–Kier alpha value is -7.54. The third-order valence-corrected chi connectivity index (χ3v) is 14.3. The molecule has 0 saturated carbocycles. The number of benzene rings is 11. The lowest BCUT2D eigenvalue weighted by Crippen LogP contribution is -1.93. The van der Waals surface area contributed by atoms with Crippen LogP contribution in [0.2, 0.25) is 0 Å². The van der Waals surface area contributed by atoms with Crippen LogP contribution in [0, 0.1) is 27.7 Å². The Balaban J connectivity index is 1.32. The zero-order valence-corrected chi connectivity index (χ0v) is 35.3. The molecule has 0 bridgehead atoms. The average molecular weight is 787 g/mol. The van der Waals surface area contributed by atoms with Gasteiger partial charge in [-0.1, -0.05) is 164 Å². The van der Waals surface area contributed by atoms with E-state index in [2.05, 4.69) is 210 Å². The molecule has 0 radical (unpaired) electrons. The number of hydrogen-bond acceptors (Lipinski definition) is 0. The van der Waals surface area contributed by atoms with E-state index in [0.29, 0.717) is 0 Å². The van der Waals surface area contributed by atoms with Gasteiger partial charge in [-0.15, -0.1) is 0 Å². The molecular formula is C62H42. The first kappa shape index (κ1) is 35.2. The summed E-state index contributed by atoms with van der Waals surface area (Å²) in [6.07, 6.45) is 0. The molecule has 0 aliphatic carbocycles. The minimum atomic E-state index is 1.22. The summed E-state index contributed by atoms with van der Waals surface area (Å²) in [7, 11) is 0. The molecule has 0 fully saturated rings. The van der Waals surface area contributed by atoms with E-state index < -0.39 is 0 Å². The third-order valence-electron chi connectivity index (χ3n) is 14.3. The highest BCUT2D eigenvalue weighted by Gasteiger charge is 2.28. The summed E-state index contributed by atoms with van der Waals surface area (Å²) in [5, 5.41) is 21.1. The van der Waals surface area contributed by atoms with Gasteiger partial charge in [-0.3, -0.25) is 0 Å². The lowest BCUT2D eigenvalue weighted by molar-refractivity contribution is 1.37. The molecule has 0 saturated heterocycles. The SMILES string of the molecule is Cc1cc2c(cc1C)c1cc3c(-c4ccccc4-c4ccccc4)c4c5cccc6c7ccc(-c8c(C)cccc8C)cc7cc(c4c(-c4ccccc4)c3c3cccc2c13)c65. The Kier molecular flexibility index (Phi) is 7.38. The highest BCUT2D eigenvalue weighted by Crippen LogP contribution is 2.56. The van der Waals surface area contributed by atoms with Crippen LogP contribution in [0.15, 0.2) is 182 Å². The van der Waals surface area contributed by atoms with Gasteiger partial charge in [-0.05, 0) is 199 Å². The lowest BCUT2D eigenvalue weighted by Gasteiger charge is -2.20. The molecule has 290 valence electrons. The van der Waals surface area contributed by atoms with Crippen molar-refractivity contribution in [3.63, 3.8) is 0 Å². The summed E-state index contributed by atoms with van der Waals surface area (Å²) in [5.41, 5.74) is 15.4. The summed E-state index contributed by atoms with van der Waals surface area (Å²) in [6, 6.07) is 69.2. The van der Waals surface area contributed by atoms with Crippen molar-refractivity contribution in [2.45, 2.75) is 27.7 Å². The maximum absolute atomic E-state index is 2.57. The van der Waals surface area contributed by atoms with Gasteiger partial charge in [-0.2, -0.15) is 0 Å². The van der Waals surface area contributed by atoms with Crippen molar-refractivity contribution < 1.29 is 0 Å². The molecule has 13 rings (SSSR count). The van der Waals surface area contributed by atoms with Crippen molar-refractivity contribution >= 4 is 86.2 Å². The Morgan fingerprint density at radius 1 is 0.226 bits per heavy atom. The van der Waals surface area contributed by atoms with E-state index in [9.17, 15) is 0 Å². The fraction of sp³-hybridized carbons (Fsp3) is 0.0645. The Morgan fingerprint density at radius 3 is 1.48 bits per heavy atom. The monoisotopic (exact) mass is 786 g/mol. The first-order valence-electron chi connectivity index (χ1n) is 21.9. The van der Waals surface area contributed by atoms with Crippen molar-refractivity contribution in [3.05, 3.63) is 204 Å².